The van der Waals surface area contributed by atoms with Gasteiger partial charge < -0.3 is 0 Å². The fourth-order valence-electron chi connectivity index (χ4n) is 1.71. The topological polar surface area (TPSA) is 17.1 Å². The number of hydrogen-bond donors (Lipinski definition) is 0. The molecule has 2 aromatic rings. The summed E-state index contributed by atoms with van der Waals surface area (Å²) < 4.78 is 25.4. The lowest BCUT2D eigenvalue weighted by molar-refractivity contribution is 0.615. The van der Waals surface area contributed by atoms with Crippen LogP contribution in [0.15, 0.2) is 48.5 Å². The third-order valence-electron chi connectivity index (χ3n) is 2.72. The highest BCUT2D eigenvalue weighted by atomic mass is 32.2. The van der Waals surface area contributed by atoms with Crippen molar-refractivity contribution in [2.75, 3.05) is 0 Å². The standard InChI is InChI=1S/C15H15FOS/c1-12-6-8-13(9-7-12)10-18(17)11-14-4-2-3-5-15(14)16/h2-9H,10-11H2,1H3/t18-/m0/s1. The van der Waals surface area contributed by atoms with Gasteiger partial charge in [0, 0.05) is 22.1 Å². The first-order valence-corrected chi connectivity index (χ1v) is 7.28. The smallest absolute Gasteiger partial charge is 0.127 e. The lowest BCUT2D eigenvalue weighted by Crippen LogP contribution is -2.01. The Morgan fingerprint density at radius 1 is 1.00 bits per heavy atom. The Morgan fingerprint density at radius 3 is 2.33 bits per heavy atom. The Labute approximate surface area is 109 Å². The molecule has 0 amide bonds. The second kappa shape index (κ2) is 5.91. The molecule has 0 saturated carbocycles. The maximum absolute atomic E-state index is 13.4. The second-order valence-corrected chi connectivity index (χ2v) is 5.76. The maximum Gasteiger partial charge on any atom is 0.127 e. The summed E-state index contributed by atoms with van der Waals surface area (Å²) in [5.74, 6) is 0.449. The Balaban J connectivity index is 2.01. The van der Waals surface area contributed by atoms with Crippen LogP contribution in [0, 0.1) is 12.7 Å². The molecule has 0 bridgehead atoms. The zero-order valence-corrected chi connectivity index (χ0v) is 11.0. The van der Waals surface area contributed by atoms with Gasteiger partial charge in [-0.2, -0.15) is 0 Å². The van der Waals surface area contributed by atoms with E-state index in [0.29, 0.717) is 11.3 Å². The first-order chi connectivity index (χ1) is 8.65. The molecule has 0 aliphatic heterocycles. The fraction of sp³-hybridized carbons (Fsp3) is 0.200. The predicted octanol–water partition coefficient (Wildman–Crippen LogP) is 3.58. The molecule has 3 heteroatoms. The third-order valence-corrected chi connectivity index (χ3v) is 4.01. The molecule has 0 spiro atoms. The molecule has 0 N–H and O–H groups in total. The van der Waals surface area contributed by atoms with E-state index in [2.05, 4.69) is 0 Å². The molecular formula is C15H15FOS. The predicted molar refractivity (Wildman–Crippen MR) is 73.1 cm³/mol. The molecule has 2 aromatic carbocycles. The van der Waals surface area contributed by atoms with E-state index in [1.54, 1.807) is 18.2 Å². The van der Waals surface area contributed by atoms with Crippen LogP contribution in [0.25, 0.3) is 0 Å². The van der Waals surface area contributed by atoms with Crippen molar-refractivity contribution >= 4 is 10.8 Å². The lowest BCUT2D eigenvalue weighted by atomic mass is 10.2. The van der Waals surface area contributed by atoms with E-state index in [1.807, 2.05) is 31.2 Å². The molecule has 18 heavy (non-hydrogen) atoms. The molecule has 0 radical (unpaired) electrons. The van der Waals surface area contributed by atoms with Gasteiger partial charge in [0.15, 0.2) is 0 Å². The zero-order chi connectivity index (χ0) is 13.0. The van der Waals surface area contributed by atoms with E-state index >= 15 is 0 Å². The fourth-order valence-corrected chi connectivity index (χ4v) is 2.96. The summed E-state index contributed by atoms with van der Waals surface area (Å²) >= 11 is 0. The summed E-state index contributed by atoms with van der Waals surface area (Å²) in [5.41, 5.74) is 2.72. The number of hydrogen-bond acceptors (Lipinski definition) is 1. The van der Waals surface area contributed by atoms with Crippen molar-refractivity contribution in [3.8, 4) is 0 Å². The monoisotopic (exact) mass is 262 g/mol. The van der Waals surface area contributed by atoms with Crippen LogP contribution in [0.2, 0.25) is 0 Å². The minimum absolute atomic E-state index is 0.264. The Morgan fingerprint density at radius 2 is 1.67 bits per heavy atom. The average Bonchev–Trinajstić information content (AvgIpc) is 2.35. The van der Waals surface area contributed by atoms with Crippen molar-refractivity contribution in [3.63, 3.8) is 0 Å². The van der Waals surface area contributed by atoms with Crippen LogP contribution in [0.4, 0.5) is 4.39 Å². The van der Waals surface area contributed by atoms with Crippen LogP contribution in [-0.2, 0) is 22.3 Å². The summed E-state index contributed by atoms with van der Waals surface area (Å²) in [7, 11) is -1.08. The molecule has 0 heterocycles. The van der Waals surface area contributed by atoms with Crippen molar-refractivity contribution in [2.24, 2.45) is 0 Å². The number of benzene rings is 2. The van der Waals surface area contributed by atoms with Crippen molar-refractivity contribution in [2.45, 2.75) is 18.4 Å². The molecular weight excluding hydrogens is 247 g/mol. The van der Waals surface area contributed by atoms with Gasteiger partial charge in [-0.15, -0.1) is 0 Å². The summed E-state index contributed by atoms with van der Waals surface area (Å²) in [4.78, 5) is 0. The Kier molecular flexibility index (Phi) is 4.26. The van der Waals surface area contributed by atoms with Crippen LogP contribution < -0.4 is 0 Å². The minimum Gasteiger partial charge on any atom is -0.259 e. The highest BCUT2D eigenvalue weighted by Gasteiger charge is 2.07. The van der Waals surface area contributed by atoms with E-state index in [9.17, 15) is 8.60 Å². The van der Waals surface area contributed by atoms with Crippen LogP contribution >= 0.6 is 0 Å². The zero-order valence-electron chi connectivity index (χ0n) is 10.2. The number of rotatable bonds is 4. The van der Waals surface area contributed by atoms with Crippen molar-refractivity contribution < 1.29 is 8.60 Å². The van der Waals surface area contributed by atoms with Gasteiger partial charge in [0.2, 0.25) is 0 Å². The first kappa shape index (κ1) is 13.0. The highest BCUT2D eigenvalue weighted by Crippen LogP contribution is 2.12. The van der Waals surface area contributed by atoms with Gasteiger partial charge in [0.05, 0.1) is 5.75 Å². The molecule has 0 saturated heterocycles. The van der Waals surface area contributed by atoms with E-state index in [4.69, 9.17) is 0 Å². The summed E-state index contributed by atoms with van der Waals surface area (Å²) in [6.45, 7) is 2.01. The maximum atomic E-state index is 13.4. The number of halogens is 1. The van der Waals surface area contributed by atoms with Crippen LogP contribution in [0.1, 0.15) is 16.7 Å². The van der Waals surface area contributed by atoms with Crippen LogP contribution in [0.3, 0.4) is 0 Å². The molecule has 0 fully saturated rings. The first-order valence-electron chi connectivity index (χ1n) is 5.79. The highest BCUT2D eigenvalue weighted by molar-refractivity contribution is 7.83. The average molecular weight is 262 g/mol. The van der Waals surface area contributed by atoms with Crippen LogP contribution in [-0.4, -0.2) is 4.21 Å². The summed E-state index contributed by atoms with van der Waals surface area (Å²) in [5, 5.41) is 0. The Hall–Kier alpha value is -1.48. The van der Waals surface area contributed by atoms with Gasteiger partial charge in [-0.1, -0.05) is 48.0 Å². The van der Waals surface area contributed by atoms with E-state index in [0.717, 1.165) is 5.56 Å². The van der Waals surface area contributed by atoms with Crippen molar-refractivity contribution in [3.05, 3.63) is 71.0 Å². The normalized spacial score (nSPS) is 12.3. The molecule has 0 aromatic heterocycles. The molecule has 2 rings (SSSR count). The van der Waals surface area contributed by atoms with Crippen LogP contribution in [0.5, 0.6) is 0 Å². The summed E-state index contributed by atoms with van der Waals surface area (Å²) in [6.07, 6.45) is 0. The third kappa shape index (κ3) is 3.50. The SMILES string of the molecule is Cc1ccc(C[S@](=O)Cc2ccccc2F)cc1. The quantitative estimate of drug-likeness (QED) is 0.823. The van der Waals surface area contributed by atoms with Crippen molar-refractivity contribution in [1.29, 1.82) is 0 Å². The van der Waals surface area contributed by atoms with Gasteiger partial charge in [0.25, 0.3) is 0 Å². The molecule has 0 aliphatic rings. The Bertz CT molecular complexity index is 549. The molecule has 0 aliphatic carbocycles. The van der Waals surface area contributed by atoms with E-state index in [-0.39, 0.29) is 11.6 Å². The molecule has 1 nitrogen and oxygen atoms in total. The molecule has 0 unspecified atom stereocenters. The summed E-state index contributed by atoms with van der Waals surface area (Å²) in [6, 6.07) is 14.4. The van der Waals surface area contributed by atoms with Gasteiger partial charge in [-0.25, -0.2) is 4.39 Å². The van der Waals surface area contributed by atoms with Gasteiger partial charge in [-0.3, -0.25) is 4.21 Å². The van der Waals surface area contributed by atoms with E-state index in [1.165, 1.54) is 11.6 Å². The largest absolute Gasteiger partial charge is 0.259 e. The van der Waals surface area contributed by atoms with E-state index < -0.39 is 10.8 Å². The number of aryl methyl sites for hydroxylation is 1. The lowest BCUT2D eigenvalue weighted by Gasteiger charge is -2.04. The minimum atomic E-state index is -1.08. The second-order valence-electron chi connectivity index (χ2n) is 4.31. The van der Waals surface area contributed by atoms with Gasteiger partial charge in [0.1, 0.15) is 5.82 Å². The van der Waals surface area contributed by atoms with Gasteiger partial charge >= 0.3 is 0 Å². The molecule has 94 valence electrons. The van der Waals surface area contributed by atoms with Crippen molar-refractivity contribution in [1.82, 2.24) is 0 Å². The van der Waals surface area contributed by atoms with Gasteiger partial charge in [-0.05, 0) is 18.6 Å². The molecule has 1 atom stereocenters.